The smallest absolute Gasteiger partial charge is 0.279 e. The van der Waals surface area contributed by atoms with E-state index in [1.54, 1.807) is 30.3 Å². The van der Waals surface area contributed by atoms with E-state index in [1.807, 2.05) is 0 Å². The van der Waals surface area contributed by atoms with E-state index in [9.17, 15) is 9.90 Å². The number of nitrogens with zero attached hydrogens (tertiary/aromatic N) is 4. The van der Waals surface area contributed by atoms with E-state index in [1.165, 1.54) is 23.1 Å². The van der Waals surface area contributed by atoms with E-state index < -0.39 is 5.91 Å². The lowest BCUT2D eigenvalue weighted by Crippen LogP contribution is -2.13. The number of aromatic nitrogens is 5. The number of carbonyl (C=O) groups is 1. The van der Waals surface area contributed by atoms with Gasteiger partial charge in [0.25, 0.3) is 5.91 Å². The summed E-state index contributed by atoms with van der Waals surface area (Å²) in [5, 5.41) is 28.4. The second-order valence-corrected chi connectivity index (χ2v) is 5.69. The first kappa shape index (κ1) is 15.2. The third-order valence-electron chi connectivity index (χ3n) is 3.56. The van der Waals surface area contributed by atoms with Gasteiger partial charge in [-0.15, -0.1) is 5.10 Å². The second kappa shape index (κ2) is 5.91. The number of hydrogen-bond acceptors (Lipinski definition) is 5. The first-order valence-electron chi connectivity index (χ1n) is 7.27. The summed E-state index contributed by atoms with van der Waals surface area (Å²) in [6, 6.07) is 11.6. The normalized spacial score (nSPS) is 10.9. The van der Waals surface area contributed by atoms with Crippen LogP contribution in [0.2, 0.25) is 5.02 Å². The van der Waals surface area contributed by atoms with Crippen LogP contribution in [0.25, 0.3) is 16.6 Å². The summed E-state index contributed by atoms with van der Waals surface area (Å²) < 4.78 is 0. The number of benzene rings is 2. The summed E-state index contributed by atoms with van der Waals surface area (Å²) in [6.07, 6.45) is 1.37. The van der Waals surface area contributed by atoms with Crippen molar-refractivity contribution in [3.8, 4) is 11.4 Å². The maximum atomic E-state index is 12.4. The molecule has 0 spiro atoms. The highest BCUT2D eigenvalue weighted by Crippen LogP contribution is 2.24. The number of fused-ring (bicyclic) bond motifs is 1. The van der Waals surface area contributed by atoms with Crippen molar-refractivity contribution in [2.45, 2.75) is 0 Å². The third-order valence-corrected chi connectivity index (χ3v) is 3.81. The number of rotatable bonds is 3. The highest BCUT2D eigenvalue weighted by Gasteiger charge is 2.15. The summed E-state index contributed by atoms with van der Waals surface area (Å²) in [5.41, 5.74) is 1.44. The van der Waals surface area contributed by atoms with E-state index in [0.29, 0.717) is 27.4 Å². The molecule has 0 fully saturated rings. The minimum absolute atomic E-state index is 0.111. The van der Waals surface area contributed by atoms with Crippen LogP contribution in [0.15, 0.2) is 48.7 Å². The van der Waals surface area contributed by atoms with Gasteiger partial charge in [-0.05, 0) is 36.4 Å². The van der Waals surface area contributed by atoms with Gasteiger partial charge < -0.3 is 10.4 Å². The molecule has 3 N–H and O–H groups in total. The van der Waals surface area contributed by atoms with Crippen molar-refractivity contribution in [2.75, 3.05) is 5.32 Å². The maximum Gasteiger partial charge on any atom is 0.279 e. The number of phenols is 1. The zero-order valence-electron chi connectivity index (χ0n) is 12.6. The van der Waals surface area contributed by atoms with Gasteiger partial charge in [-0.3, -0.25) is 9.89 Å². The number of amides is 1. The number of anilines is 1. The minimum Gasteiger partial charge on any atom is -0.508 e. The van der Waals surface area contributed by atoms with E-state index in [-0.39, 0.29) is 11.4 Å². The first-order chi connectivity index (χ1) is 12.1. The van der Waals surface area contributed by atoms with Crippen molar-refractivity contribution < 1.29 is 9.90 Å². The molecule has 0 aliphatic rings. The quantitative estimate of drug-likeness (QED) is 0.524. The summed E-state index contributed by atoms with van der Waals surface area (Å²) in [4.78, 5) is 13.7. The van der Waals surface area contributed by atoms with Gasteiger partial charge in [-0.1, -0.05) is 11.6 Å². The largest absolute Gasteiger partial charge is 0.508 e. The SMILES string of the molecule is O=C(Nc1n[nH]c2cc(O)ccc12)c1cnn(-c2ccc(Cl)cc2)n1. The van der Waals surface area contributed by atoms with E-state index in [2.05, 4.69) is 25.7 Å². The predicted molar refractivity (Wildman–Crippen MR) is 92.1 cm³/mol. The molecule has 0 unspecified atom stereocenters. The van der Waals surface area contributed by atoms with Crippen LogP contribution in [0.1, 0.15) is 10.5 Å². The number of halogens is 1. The molecule has 0 saturated heterocycles. The van der Waals surface area contributed by atoms with Crippen molar-refractivity contribution in [1.82, 2.24) is 25.2 Å². The average molecular weight is 355 g/mol. The molecule has 4 rings (SSSR count). The molecule has 25 heavy (non-hydrogen) atoms. The topological polar surface area (TPSA) is 109 Å². The Balaban J connectivity index is 1.58. The Labute approximate surface area is 146 Å². The molecular weight excluding hydrogens is 344 g/mol. The Morgan fingerprint density at radius 1 is 1.20 bits per heavy atom. The number of aromatic hydroxyl groups is 1. The average Bonchev–Trinajstić information content (AvgIpc) is 3.23. The fourth-order valence-corrected chi connectivity index (χ4v) is 2.47. The monoisotopic (exact) mass is 354 g/mol. The summed E-state index contributed by atoms with van der Waals surface area (Å²) in [5.74, 6) is 0.0164. The van der Waals surface area contributed by atoms with Crippen LogP contribution in [0.4, 0.5) is 5.82 Å². The Kier molecular flexibility index (Phi) is 3.58. The standard InChI is InChI=1S/C16H11ClN6O2/c17-9-1-3-10(4-2-9)23-18-8-14(22-23)16(25)19-15-12-6-5-11(24)7-13(12)20-21-15/h1-8,24H,(H2,19,20,21,25). The number of H-pyrrole nitrogens is 1. The van der Waals surface area contributed by atoms with Crippen LogP contribution in [-0.2, 0) is 0 Å². The van der Waals surface area contributed by atoms with Gasteiger partial charge in [0.1, 0.15) is 5.75 Å². The highest BCUT2D eigenvalue weighted by molar-refractivity contribution is 6.30. The molecule has 124 valence electrons. The van der Waals surface area contributed by atoms with Gasteiger partial charge in [0.05, 0.1) is 17.4 Å². The second-order valence-electron chi connectivity index (χ2n) is 5.25. The lowest BCUT2D eigenvalue weighted by atomic mass is 10.2. The van der Waals surface area contributed by atoms with Crippen LogP contribution in [0.5, 0.6) is 5.75 Å². The minimum atomic E-state index is -0.443. The molecule has 9 heteroatoms. The van der Waals surface area contributed by atoms with E-state index in [0.717, 1.165) is 0 Å². The lowest BCUT2D eigenvalue weighted by Gasteiger charge is -2.00. The van der Waals surface area contributed by atoms with Crippen molar-refractivity contribution in [3.63, 3.8) is 0 Å². The van der Waals surface area contributed by atoms with Gasteiger partial charge in [0.2, 0.25) is 0 Å². The van der Waals surface area contributed by atoms with E-state index >= 15 is 0 Å². The molecule has 1 amide bonds. The number of aromatic amines is 1. The molecule has 2 aromatic heterocycles. The van der Waals surface area contributed by atoms with Crippen LogP contribution < -0.4 is 5.32 Å². The molecule has 2 aromatic carbocycles. The Morgan fingerprint density at radius 2 is 2.00 bits per heavy atom. The molecule has 0 aliphatic carbocycles. The zero-order valence-corrected chi connectivity index (χ0v) is 13.4. The van der Waals surface area contributed by atoms with Crippen molar-refractivity contribution in [1.29, 1.82) is 0 Å². The molecule has 4 aromatic rings. The summed E-state index contributed by atoms with van der Waals surface area (Å²) in [6.45, 7) is 0. The van der Waals surface area contributed by atoms with Gasteiger partial charge in [-0.2, -0.15) is 15.0 Å². The third kappa shape index (κ3) is 2.90. The maximum absolute atomic E-state index is 12.4. The van der Waals surface area contributed by atoms with Gasteiger partial charge in [0.15, 0.2) is 11.5 Å². The number of hydrogen-bond donors (Lipinski definition) is 3. The fourth-order valence-electron chi connectivity index (χ4n) is 2.34. The van der Waals surface area contributed by atoms with Crippen LogP contribution in [-0.4, -0.2) is 36.2 Å². The molecular formula is C16H11ClN6O2. The molecule has 0 atom stereocenters. The van der Waals surface area contributed by atoms with Gasteiger partial charge in [-0.25, -0.2) is 0 Å². The molecule has 2 heterocycles. The number of carbonyl (C=O) groups excluding carboxylic acids is 1. The molecule has 0 saturated carbocycles. The van der Waals surface area contributed by atoms with Crippen LogP contribution in [0.3, 0.4) is 0 Å². The van der Waals surface area contributed by atoms with Gasteiger partial charge >= 0.3 is 0 Å². The first-order valence-corrected chi connectivity index (χ1v) is 7.65. The highest BCUT2D eigenvalue weighted by atomic mass is 35.5. The molecule has 8 nitrogen and oxygen atoms in total. The van der Waals surface area contributed by atoms with Crippen LogP contribution >= 0.6 is 11.6 Å². The van der Waals surface area contributed by atoms with Gasteiger partial charge in [0, 0.05) is 16.5 Å². The Hall–Kier alpha value is -3.39. The Bertz CT molecular complexity index is 1070. The molecule has 0 radical (unpaired) electrons. The Morgan fingerprint density at radius 3 is 2.80 bits per heavy atom. The van der Waals surface area contributed by atoms with Crippen molar-refractivity contribution in [2.24, 2.45) is 0 Å². The predicted octanol–water partition coefficient (Wildman–Crippen LogP) is 2.75. The summed E-state index contributed by atoms with van der Waals surface area (Å²) >= 11 is 5.85. The lowest BCUT2D eigenvalue weighted by molar-refractivity contribution is 0.102. The molecule has 0 bridgehead atoms. The number of nitrogens with one attached hydrogen (secondary N) is 2. The summed E-state index contributed by atoms with van der Waals surface area (Å²) in [7, 11) is 0. The van der Waals surface area contributed by atoms with Crippen molar-refractivity contribution in [3.05, 3.63) is 59.4 Å². The van der Waals surface area contributed by atoms with Crippen LogP contribution in [0, 0.1) is 0 Å². The number of phenolic OH excluding ortho intramolecular Hbond substituents is 1. The molecule has 0 aliphatic heterocycles. The zero-order chi connectivity index (χ0) is 17.4. The van der Waals surface area contributed by atoms with Crippen molar-refractivity contribution >= 4 is 34.2 Å². The van der Waals surface area contributed by atoms with E-state index in [4.69, 9.17) is 11.6 Å². The fraction of sp³-hybridized carbons (Fsp3) is 0.